The van der Waals surface area contributed by atoms with Gasteiger partial charge in [-0.05, 0) is 37.0 Å². The third-order valence-electron chi connectivity index (χ3n) is 5.25. The Balaban J connectivity index is 1.57. The SMILES string of the molecule is O=C(NC1CCCCCCC1)N(CCCn1ccnc1)Cc1ccncc1. The third-order valence-corrected chi connectivity index (χ3v) is 5.25. The molecule has 27 heavy (non-hydrogen) atoms. The van der Waals surface area contributed by atoms with Crippen LogP contribution in [0, 0.1) is 0 Å². The Kier molecular flexibility index (Phi) is 7.69. The van der Waals surface area contributed by atoms with E-state index < -0.39 is 0 Å². The lowest BCUT2D eigenvalue weighted by molar-refractivity contribution is 0.186. The Hall–Kier alpha value is -2.37. The lowest BCUT2D eigenvalue weighted by Crippen LogP contribution is -2.45. The van der Waals surface area contributed by atoms with Gasteiger partial charge in [0.1, 0.15) is 0 Å². The molecule has 2 amide bonds. The minimum atomic E-state index is 0.0583. The van der Waals surface area contributed by atoms with Crippen LogP contribution in [0.2, 0.25) is 0 Å². The highest BCUT2D eigenvalue weighted by molar-refractivity contribution is 5.74. The Bertz CT molecular complexity index is 650. The molecule has 1 fully saturated rings. The van der Waals surface area contributed by atoms with Gasteiger partial charge in [-0.15, -0.1) is 0 Å². The highest BCUT2D eigenvalue weighted by Gasteiger charge is 2.19. The fourth-order valence-electron chi connectivity index (χ4n) is 3.69. The zero-order valence-corrected chi connectivity index (χ0v) is 16.1. The number of aromatic nitrogens is 3. The Morgan fingerprint density at radius 2 is 1.81 bits per heavy atom. The number of nitrogens with zero attached hydrogens (tertiary/aromatic N) is 4. The number of rotatable bonds is 7. The van der Waals surface area contributed by atoms with Crippen LogP contribution in [0.15, 0.2) is 43.2 Å². The second kappa shape index (κ2) is 10.7. The van der Waals surface area contributed by atoms with Crippen LogP contribution >= 0.6 is 0 Å². The molecule has 1 N–H and O–H groups in total. The molecule has 0 bridgehead atoms. The Labute approximate surface area is 162 Å². The van der Waals surface area contributed by atoms with E-state index in [1.165, 1.54) is 32.1 Å². The lowest BCUT2D eigenvalue weighted by atomic mass is 9.97. The number of hydrogen-bond acceptors (Lipinski definition) is 3. The molecule has 1 aliphatic carbocycles. The molecule has 6 heteroatoms. The maximum Gasteiger partial charge on any atom is 0.317 e. The van der Waals surface area contributed by atoms with Crippen LogP contribution in [0.1, 0.15) is 56.9 Å². The number of amides is 2. The molecule has 0 aromatic carbocycles. The first-order valence-corrected chi connectivity index (χ1v) is 10.2. The fourth-order valence-corrected chi connectivity index (χ4v) is 3.69. The first kappa shape index (κ1) is 19.4. The molecule has 0 aliphatic heterocycles. The summed E-state index contributed by atoms with van der Waals surface area (Å²) in [6.07, 6.45) is 18.6. The van der Waals surface area contributed by atoms with Gasteiger partial charge in [0.05, 0.1) is 6.33 Å². The number of hydrogen-bond donors (Lipinski definition) is 1. The molecule has 146 valence electrons. The highest BCUT2D eigenvalue weighted by atomic mass is 16.2. The van der Waals surface area contributed by atoms with E-state index in [4.69, 9.17) is 0 Å². The molecule has 0 atom stereocenters. The van der Waals surface area contributed by atoms with E-state index in [0.717, 1.165) is 37.9 Å². The highest BCUT2D eigenvalue weighted by Crippen LogP contribution is 2.17. The van der Waals surface area contributed by atoms with Gasteiger partial charge in [0.25, 0.3) is 0 Å². The number of carbonyl (C=O) groups excluding carboxylic acids is 1. The molecule has 0 unspecified atom stereocenters. The van der Waals surface area contributed by atoms with Crippen LogP contribution in [0.5, 0.6) is 0 Å². The molecule has 0 radical (unpaired) electrons. The molecular formula is C21H31N5O. The number of imidazole rings is 1. The number of aryl methyl sites for hydroxylation is 1. The van der Waals surface area contributed by atoms with E-state index in [1.807, 2.05) is 29.6 Å². The topological polar surface area (TPSA) is 63.1 Å². The number of nitrogens with one attached hydrogen (secondary N) is 1. The minimum Gasteiger partial charge on any atom is -0.337 e. The van der Waals surface area contributed by atoms with Crippen LogP contribution in [0.25, 0.3) is 0 Å². The number of urea groups is 1. The monoisotopic (exact) mass is 369 g/mol. The van der Waals surface area contributed by atoms with Crippen LogP contribution in [-0.4, -0.2) is 38.1 Å². The summed E-state index contributed by atoms with van der Waals surface area (Å²) in [7, 11) is 0. The minimum absolute atomic E-state index is 0.0583. The summed E-state index contributed by atoms with van der Waals surface area (Å²) in [6, 6.07) is 4.33. The predicted octanol–water partition coefficient (Wildman–Crippen LogP) is 3.99. The van der Waals surface area contributed by atoms with Gasteiger partial charge in [0.15, 0.2) is 0 Å². The van der Waals surface area contributed by atoms with Gasteiger partial charge in [-0.2, -0.15) is 0 Å². The van der Waals surface area contributed by atoms with Crippen molar-refractivity contribution in [3.8, 4) is 0 Å². The van der Waals surface area contributed by atoms with Gasteiger partial charge >= 0.3 is 6.03 Å². The van der Waals surface area contributed by atoms with Crippen molar-refractivity contribution in [2.45, 2.75) is 70.5 Å². The predicted molar refractivity (Wildman–Crippen MR) is 106 cm³/mol. The fraction of sp³-hybridized carbons (Fsp3) is 0.571. The lowest BCUT2D eigenvalue weighted by Gasteiger charge is -2.28. The molecule has 2 aromatic rings. The van der Waals surface area contributed by atoms with Gasteiger partial charge in [-0.25, -0.2) is 9.78 Å². The first-order valence-electron chi connectivity index (χ1n) is 10.2. The normalized spacial score (nSPS) is 15.7. The molecular weight excluding hydrogens is 338 g/mol. The molecule has 3 rings (SSSR count). The van der Waals surface area contributed by atoms with Gasteiger partial charge < -0.3 is 14.8 Å². The molecule has 1 saturated carbocycles. The average Bonchev–Trinajstić information content (AvgIpc) is 3.17. The molecule has 2 heterocycles. The van der Waals surface area contributed by atoms with Gasteiger partial charge in [0, 0.05) is 50.5 Å². The van der Waals surface area contributed by atoms with E-state index in [2.05, 4.69) is 19.9 Å². The zero-order valence-electron chi connectivity index (χ0n) is 16.1. The summed E-state index contributed by atoms with van der Waals surface area (Å²) < 4.78 is 2.05. The average molecular weight is 370 g/mol. The van der Waals surface area contributed by atoms with Crippen LogP contribution in [0.4, 0.5) is 4.79 Å². The maximum absolute atomic E-state index is 13.0. The molecule has 1 aliphatic rings. The zero-order chi connectivity index (χ0) is 18.7. The first-order chi connectivity index (χ1) is 13.3. The van der Waals surface area contributed by atoms with Crippen molar-refractivity contribution in [1.82, 2.24) is 24.8 Å². The molecule has 0 spiro atoms. The quantitative estimate of drug-likeness (QED) is 0.802. The van der Waals surface area contributed by atoms with E-state index in [0.29, 0.717) is 12.6 Å². The van der Waals surface area contributed by atoms with E-state index in [-0.39, 0.29) is 6.03 Å². The standard InChI is InChI=1S/C21H31N5O/c27-21(24-20-7-4-2-1-3-5-8-20)26(17-19-9-11-22-12-10-19)15-6-14-25-16-13-23-18-25/h9-13,16,18,20H,1-8,14-15,17H2,(H,24,27). The van der Waals surface area contributed by atoms with Gasteiger partial charge in [0.2, 0.25) is 0 Å². The summed E-state index contributed by atoms with van der Waals surface area (Å²) in [5.41, 5.74) is 1.11. The summed E-state index contributed by atoms with van der Waals surface area (Å²) >= 11 is 0. The van der Waals surface area contributed by atoms with E-state index in [9.17, 15) is 4.79 Å². The van der Waals surface area contributed by atoms with Crippen LogP contribution in [0.3, 0.4) is 0 Å². The smallest absolute Gasteiger partial charge is 0.317 e. The molecule has 6 nitrogen and oxygen atoms in total. The number of pyridine rings is 1. The van der Waals surface area contributed by atoms with E-state index in [1.54, 1.807) is 18.6 Å². The van der Waals surface area contributed by atoms with Gasteiger partial charge in [-0.3, -0.25) is 4.98 Å². The Morgan fingerprint density at radius 3 is 2.52 bits per heavy atom. The summed E-state index contributed by atoms with van der Waals surface area (Å²) in [6.45, 7) is 2.20. The van der Waals surface area contributed by atoms with Crippen LogP contribution in [-0.2, 0) is 13.1 Å². The molecule has 2 aromatic heterocycles. The van der Waals surface area contributed by atoms with Gasteiger partial charge in [-0.1, -0.05) is 32.1 Å². The summed E-state index contributed by atoms with van der Waals surface area (Å²) in [5.74, 6) is 0. The summed E-state index contributed by atoms with van der Waals surface area (Å²) in [4.78, 5) is 23.1. The maximum atomic E-state index is 13.0. The summed E-state index contributed by atoms with van der Waals surface area (Å²) in [5, 5.41) is 3.30. The van der Waals surface area contributed by atoms with Crippen molar-refractivity contribution in [3.63, 3.8) is 0 Å². The second-order valence-corrected chi connectivity index (χ2v) is 7.42. The van der Waals surface area contributed by atoms with Crippen molar-refractivity contribution in [2.75, 3.05) is 6.54 Å². The molecule has 0 saturated heterocycles. The van der Waals surface area contributed by atoms with Crippen molar-refractivity contribution in [1.29, 1.82) is 0 Å². The van der Waals surface area contributed by atoms with E-state index >= 15 is 0 Å². The van der Waals surface area contributed by atoms with Crippen molar-refractivity contribution >= 4 is 6.03 Å². The largest absolute Gasteiger partial charge is 0.337 e. The number of carbonyl (C=O) groups is 1. The second-order valence-electron chi connectivity index (χ2n) is 7.42. The van der Waals surface area contributed by atoms with Crippen molar-refractivity contribution in [2.24, 2.45) is 0 Å². The van der Waals surface area contributed by atoms with Crippen molar-refractivity contribution < 1.29 is 4.79 Å². The van der Waals surface area contributed by atoms with Crippen molar-refractivity contribution in [3.05, 3.63) is 48.8 Å². The third kappa shape index (κ3) is 6.70. The van der Waals surface area contributed by atoms with Crippen LogP contribution < -0.4 is 5.32 Å². The Morgan fingerprint density at radius 1 is 1.07 bits per heavy atom.